The predicted molar refractivity (Wildman–Crippen MR) is 85.9 cm³/mol. The molecule has 1 atom stereocenters. The summed E-state index contributed by atoms with van der Waals surface area (Å²) in [7, 11) is 0. The summed E-state index contributed by atoms with van der Waals surface area (Å²) in [6.45, 7) is 2.89. The highest BCUT2D eigenvalue weighted by atomic mass is 32.1. The Morgan fingerprint density at radius 1 is 1.29 bits per heavy atom. The van der Waals surface area contributed by atoms with Crippen LogP contribution in [0.3, 0.4) is 0 Å². The second-order valence-electron chi connectivity index (χ2n) is 7.80. The first-order valence-corrected chi connectivity index (χ1v) is 9.33. The van der Waals surface area contributed by atoms with Crippen LogP contribution >= 0.6 is 11.3 Å². The maximum atomic E-state index is 12.6. The lowest BCUT2D eigenvalue weighted by Gasteiger charge is -2.58. The lowest BCUT2D eigenvalue weighted by molar-refractivity contribution is -0.139. The van der Waals surface area contributed by atoms with Crippen LogP contribution in [0.15, 0.2) is 17.5 Å². The van der Waals surface area contributed by atoms with E-state index in [2.05, 4.69) is 29.8 Å². The molecule has 114 valence electrons. The van der Waals surface area contributed by atoms with Crippen LogP contribution in [-0.2, 0) is 11.3 Å². The van der Waals surface area contributed by atoms with Crippen molar-refractivity contribution in [1.29, 1.82) is 0 Å². The Bertz CT molecular complexity index is 486. The molecule has 4 aliphatic rings. The van der Waals surface area contributed by atoms with E-state index in [0.29, 0.717) is 12.0 Å². The lowest BCUT2D eigenvalue weighted by Crippen LogP contribution is -2.52. The van der Waals surface area contributed by atoms with Gasteiger partial charge < -0.3 is 5.32 Å². The number of rotatable bonds is 4. The van der Waals surface area contributed by atoms with Crippen LogP contribution < -0.4 is 5.32 Å². The molecule has 0 radical (unpaired) electrons. The Hall–Kier alpha value is -0.830. The number of thiophene rings is 1. The molecule has 1 aromatic rings. The average Bonchev–Trinajstić information content (AvgIpc) is 2.95. The van der Waals surface area contributed by atoms with Crippen molar-refractivity contribution in [2.75, 3.05) is 0 Å². The van der Waals surface area contributed by atoms with E-state index in [1.807, 2.05) is 0 Å². The summed E-state index contributed by atoms with van der Waals surface area (Å²) < 4.78 is 0. The van der Waals surface area contributed by atoms with Crippen molar-refractivity contribution in [2.45, 2.75) is 52.0 Å². The second-order valence-corrected chi connectivity index (χ2v) is 8.83. The summed E-state index contributed by atoms with van der Waals surface area (Å²) in [5.41, 5.74) is 0.328. The first-order valence-electron chi connectivity index (χ1n) is 8.45. The zero-order valence-electron chi connectivity index (χ0n) is 12.8. The minimum absolute atomic E-state index is 0.186. The molecule has 2 nitrogen and oxygen atoms in total. The molecule has 4 saturated carbocycles. The minimum atomic E-state index is 0.186. The Kier molecular flexibility index (Phi) is 3.36. The van der Waals surface area contributed by atoms with Crippen LogP contribution in [0, 0.1) is 29.1 Å². The van der Waals surface area contributed by atoms with Crippen molar-refractivity contribution in [3.05, 3.63) is 22.4 Å². The van der Waals surface area contributed by atoms with Gasteiger partial charge in [-0.2, -0.15) is 0 Å². The van der Waals surface area contributed by atoms with E-state index in [-0.39, 0.29) is 11.8 Å². The molecule has 1 heterocycles. The van der Waals surface area contributed by atoms with Gasteiger partial charge in [-0.25, -0.2) is 0 Å². The van der Waals surface area contributed by atoms with Crippen molar-refractivity contribution >= 4 is 17.2 Å². The maximum absolute atomic E-state index is 12.6. The molecule has 0 spiro atoms. The molecule has 0 saturated heterocycles. The van der Waals surface area contributed by atoms with Crippen LogP contribution in [0.4, 0.5) is 0 Å². The molecule has 21 heavy (non-hydrogen) atoms. The van der Waals surface area contributed by atoms with Crippen molar-refractivity contribution in [3.63, 3.8) is 0 Å². The summed E-state index contributed by atoms with van der Waals surface area (Å²) in [4.78, 5) is 13.9. The highest BCUT2D eigenvalue weighted by molar-refractivity contribution is 7.09. The second kappa shape index (κ2) is 5.12. The lowest BCUT2D eigenvalue weighted by atomic mass is 9.46. The molecule has 1 amide bonds. The third-order valence-corrected chi connectivity index (χ3v) is 7.29. The predicted octanol–water partition coefficient (Wildman–Crippen LogP) is 4.22. The van der Waals surface area contributed by atoms with E-state index in [1.54, 1.807) is 11.3 Å². The number of carbonyl (C=O) groups is 1. The summed E-state index contributed by atoms with van der Waals surface area (Å²) >= 11 is 1.72. The van der Waals surface area contributed by atoms with E-state index in [0.717, 1.165) is 17.8 Å². The number of amides is 1. The average molecular weight is 303 g/mol. The van der Waals surface area contributed by atoms with Crippen molar-refractivity contribution in [3.8, 4) is 0 Å². The Labute approximate surface area is 131 Å². The molecule has 5 rings (SSSR count). The topological polar surface area (TPSA) is 29.1 Å². The molecule has 4 fully saturated rings. The van der Waals surface area contributed by atoms with Crippen molar-refractivity contribution in [1.82, 2.24) is 5.32 Å². The molecule has 4 aliphatic carbocycles. The van der Waals surface area contributed by atoms with Gasteiger partial charge in [0.25, 0.3) is 0 Å². The summed E-state index contributed by atoms with van der Waals surface area (Å²) in [6.07, 6.45) is 8.28. The Balaban J connectivity index is 1.44. The first-order chi connectivity index (χ1) is 10.1. The van der Waals surface area contributed by atoms with E-state index < -0.39 is 0 Å². The van der Waals surface area contributed by atoms with Gasteiger partial charge in [0.05, 0.1) is 6.54 Å². The van der Waals surface area contributed by atoms with Crippen molar-refractivity contribution < 1.29 is 4.79 Å². The van der Waals surface area contributed by atoms with Crippen LogP contribution in [0.2, 0.25) is 0 Å². The number of hydrogen-bond acceptors (Lipinski definition) is 2. The molecule has 1 N–H and O–H groups in total. The fourth-order valence-corrected chi connectivity index (χ4v) is 6.37. The summed E-state index contributed by atoms with van der Waals surface area (Å²) in [5, 5.41) is 5.25. The molecule has 1 unspecified atom stereocenters. The fourth-order valence-electron chi connectivity index (χ4n) is 5.73. The molecule has 1 aromatic heterocycles. The third kappa shape index (κ3) is 2.44. The van der Waals surface area contributed by atoms with Crippen LogP contribution in [0.25, 0.3) is 0 Å². The molecular formula is C18H25NOS. The number of nitrogens with one attached hydrogen (secondary N) is 1. The maximum Gasteiger partial charge on any atom is 0.223 e. The van der Waals surface area contributed by atoms with Crippen LogP contribution in [0.1, 0.15) is 50.3 Å². The molecule has 3 heteroatoms. The van der Waals surface area contributed by atoms with E-state index >= 15 is 0 Å². The monoisotopic (exact) mass is 303 g/mol. The standard InChI is InChI=1S/C18H25NOS/c1-12(17(20)19-11-16-3-2-4-21-16)18-8-13-5-14(9-18)7-15(6-13)10-18/h2-4,12-15H,5-11H2,1H3,(H,19,20). The Morgan fingerprint density at radius 2 is 1.90 bits per heavy atom. The SMILES string of the molecule is CC(C(=O)NCc1cccs1)C12CC3CC(CC(C3)C1)C2. The quantitative estimate of drug-likeness (QED) is 0.886. The fraction of sp³-hybridized carbons (Fsp3) is 0.722. The summed E-state index contributed by atoms with van der Waals surface area (Å²) in [6, 6.07) is 4.15. The first kappa shape index (κ1) is 13.8. The highest BCUT2D eigenvalue weighted by Gasteiger charge is 2.54. The number of carbonyl (C=O) groups excluding carboxylic acids is 1. The normalized spacial score (nSPS) is 38.4. The van der Waals surface area contributed by atoms with Gasteiger partial charge in [-0.3, -0.25) is 4.79 Å². The summed E-state index contributed by atoms with van der Waals surface area (Å²) in [5.74, 6) is 3.23. The van der Waals surface area contributed by atoms with E-state index in [4.69, 9.17) is 0 Å². The van der Waals surface area contributed by atoms with Gasteiger partial charge in [-0.1, -0.05) is 13.0 Å². The third-order valence-electron chi connectivity index (χ3n) is 6.41. The van der Waals surface area contributed by atoms with Gasteiger partial charge in [0.15, 0.2) is 0 Å². The van der Waals surface area contributed by atoms with Gasteiger partial charge in [-0.05, 0) is 73.1 Å². The smallest absolute Gasteiger partial charge is 0.223 e. The van der Waals surface area contributed by atoms with Gasteiger partial charge in [0.1, 0.15) is 0 Å². The zero-order valence-corrected chi connectivity index (χ0v) is 13.6. The minimum Gasteiger partial charge on any atom is -0.351 e. The largest absolute Gasteiger partial charge is 0.351 e. The van der Waals surface area contributed by atoms with Crippen molar-refractivity contribution in [2.24, 2.45) is 29.1 Å². The highest BCUT2D eigenvalue weighted by Crippen LogP contribution is 2.62. The van der Waals surface area contributed by atoms with E-state index in [1.165, 1.54) is 43.4 Å². The van der Waals surface area contributed by atoms with Crippen LogP contribution in [0.5, 0.6) is 0 Å². The molecule has 4 bridgehead atoms. The van der Waals surface area contributed by atoms with Crippen LogP contribution in [-0.4, -0.2) is 5.91 Å². The van der Waals surface area contributed by atoms with Gasteiger partial charge in [0.2, 0.25) is 5.91 Å². The van der Waals surface area contributed by atoms with Gasteiger partial charge >= 0.3 is 0 Å². The van der Waals surface area contributed by atoms with E-state index in [9.17, 15) is 4.79 Å². The Morgan fingerprint density at radius 3 is 2.43 bits per heavy atom. The number of hydrogen-bond donors (Lipinski definition) is 1. The molecule has 0 aromatic carbocycles. The molecular weight excluding hydrogens is 278 g/mol. The zero-order chi connectivity index (χ0) is 14.4. The van der Waals surface area contributed by atoms with Gasteiger partial charge in [-0.15, -0.1) is 11.3 Å². The molecule has 0 aliphatic heterocycles. The van der Waals surface area contributed by atoms with Gasteiger partial charge in [0, 0.05) is 10.8 Å².